The third-order valence-electron chi connectivity index (χ3n) is 5.23. The van der Waals surface area contributed by atoms with Crippen molar-refractivity contribution in [1.29, 1.82) is 0 Å². The fourth-order valence-corrected chi connectivity index (χ4v) is 4.38. The van der Waals surface area contributed by atoms with E-state index in [1.807, 2.05) is 42.0 Å². The minimum absolute atomic E-state index is 0.0553. The van der Waals surface area contributed by atoms with Gasteiger partial charge in [0.2, 0.25) is 5.78 Å². The smallest absolute Gasteiger partial charge is 0.306 e. The van der Waals surface area contributed by atoms with Crippen LogP contribution < -0.4 is 9.47 Å². The van der Waals surface area contributed by atoms with Crippen LogP contribution in [0, 0.1) is 13.8 Å². The van der Waals surface area contributed by atoms with E-state index in [1.54, 1.807) is 18.2 Å². The molecule has 7 nitrogen and oxygen atoms in total. The van der Waals surface area contributed by atoms with Gasteiger partial charge in [0, 0.05) is 35.1 Å². The molecule has 8 heteroatoms. The highest BCUT2D eigenvalue weighted by Gasteiger charge is 2.20. The summed E-state index contributed by atoms with van der Waals surface area (Å²) in [6.45, 7) is 4.40. The van der Waals surface area contributed by atoms with Crippen LogP contribution in [0.4, 0.5) is 0 Å². The first-order valence-electron chi connectivity index (χ1n) is 10.3. The summed E-state index contributed by atoms with van der Waals surface area (Å²) in [4.78, 5) is 37.3. The number of Topliss-reactive ketones (excluding diaryl/α,β-unsaturated/α-hetero) is 2. The third kappa shape index (κ3) is 4.60. The standard InChI is InChI=1S/C24H23NO6S/c1-15-12-18(16(2)25(15)17-5-7-21-22(13-17)30-10-9-29-21)20(27)14-31-24(28)8-6-19(26)23-4-3-11-32-23/h3-5,7,11-13H,6,8-10,14H2,1-2H3. The first-order chi connectivity index (χ1) is 15.4. The molecule has 0 fully saturated rings. The van der Waals surface area contributed by atoms with Gasteiger partial charge >= 0.3 is 5.97 Å². The molecule has 166 valence electrons. The van der Waals surface area contributed by atoms with E-state index < -0.39 is 5.97 Å². The maximum atomic E-state index is 12.7. The molecule has 3 aromatic rings. The number of thiophene rings is 1. The Kier molecular flexibility index (Phi) is 6.41. The van der Waals surface area contributed by atoms with E-state index in [4.69, 9.17) is 14.2 Å². The minimum Gasteiger partial charge on any atom is -0.486 e. The maximum Gasteiger partial charge on any atom is 0.306 e. The third-order valence-corrected chi connectivity index (χ3v) is 6.14. The van der Waals surface area contributed by atoms with Crippen LogP contribution in [-0.2, 0) is 9.53 Å². The second-order valence-electron chi connectivity index (χ2n) is 7.43. The normalized spacial score (nSPS) is 12.4. The number of rotatable bonds is 8. The fraction of sp³-hybridized carbons (Fsp3) is 0.292. The lowest BCUT2D eigenvalue weighted by Gasteiger charge is -2.20. The first-order valence-corrected chi connectivity index (χ1v) is 11.2. The summed E-state index contributed by atoms with van der Waals surface area (Å²) in [5.41, 5.74) is 2.95. The molecular formula is C24H23NO6S. The molecule has 0 saturated heterocycles. The lowest BCUT2D eigenvalue weighted by molar-refractivity contribution is -0.142. The molecule has 0 amide bonds. The molecule has 1 aliphatic rings. The number of ketones is 2. The average molecular weight is 454 g/mol. The summed E-state index contributed by atoms with van der Waals surface area (Å²) in [5, 5.41) is 1.81. The van der Waals surface area contributed by atoms with E-state index in [9.17, 15) is 14.4 Å². The molecule has 0 unspecified atom stereocenters. The van der Waals surface area contributed by atoms with Crippen molar-refractivity contribution in [3.8, 4) is 17.2 Å². The Morgan fingerprint density at radius 1 is 1.00 bits per heavy atom. The molecule has 0 bridgehead atoms. The summed E-state index contributed by atoms with van der Waals surface area (Å²) >= 11 is 1.34. The van der Waals surface area contributed by atoms with Crippen LogP contribution >= 0.6 is 11.3 Å². The van der Waals surface area contributed by atoms with Crippen molar-refractivity contribution in [2.75, 3.05) is 19.8 Å². The molecule has 0 atom stereocenters. The summed E-state index contributed by atoms with van der Waals surface area (Å²) in [6, 6.07) is 10.9. The predicted molar refractivity (Wildman–Crippen MR) is 119 cm³/mol. The van der Waals surface area contributed by atoms with Gasteiger partial charge in [-0.25, -0.2) is 0 Å². The SMILES string of the molecule is Cc1cc(C(=O)COC(=O)CCC(=O)c2cccs2)c(C)n1-c1ccc2c(c1)OCCO2. The molecule has 0 radical (unpaired) electrons. The van der Waals surface area contributed by atoms with Crippen LogP contribution in [0.15, 0.2) is 41.8 Å². The van der Waals surface area contributed by atoms with Gasteiger partial charge in [-0.2, -0.15) is 0 Å². The zero-order chi connectivity index (χ0) is 22.7. The average Bonchev–Trinajstić information content (AvgIpc) is 3.44. The number of fused-ring (bicyclic) bond motifs is 1. The second kappa shape index (κ2) is 9.40. The summed E-state index contributed by atoms with van der Waals surface area (Å²) in [5.74, 6) is 0.401. The Morgan fingerprint density at radius 2 is 1.78 bits per heavy atom. The molecule has 0 aliphatic carbocycles. The molecule has 1 aliphatic heterocycles. The van der Waals surface area contributed by atoms with Crippen molar-refractivity contribution in [1.82, 2.24) is 4.57 Å². The molecule has 32 heavy (non-hydrogen) atoms. The zero-order valence-electron chi connectivity index (χ0n) is 17.9. The van der Waals surface area contributed by atoms with Gasteiger partial charge < -0.3 is 18.8 Å². The summed E-state index contributed by atoms with van der Waals surface area (Å²) in [7, 11) is 0. The summed E-state index contributed by atoms with van der Waals surface area (Å²) in [6.07, 6.45) is 0.00634. The van der Waals surface area contributed by atoms with Gasteiger partial charge in [-0.05, 0) is 43.5 Å². The number of carbonyl (C=O) groups excluding carboxylic acids is 3. The van der Waals surface area contributed by atoms with E-state index >= 15 is 0 Å². The largest absolute Gasteiger partial charge is 0.486 e. The van der Waals surface area contributed by atoms with Gasteiger partial charge in [-0.15, -0.1) is 11.3 Å². The molecule has 1 aromatic carbocycles. The van der Waals surface area contributed by atoms with Crippen LogP contribution in [0.1, 0.15) is 44.3 Å². The van der Waals surface area contributed by atoms with Crippen molar-refractivity contribution in [2.24, 2.45) is 0 Å². The van der Waals surface area contributed by atoms with Crippen LogP contribution in [0.2, 0.25) is 0 Å². The lowest BCUT2D eigenvalue weighted by atomic mass is 10.1. The highest BCUT2D eigenvalue weighted by atomic mass is 32.1. The predicted octanol–water partition coefficient (Wildman–Crippen LogP) is 4.32. The quantitative estimate of drug-likeness (QED) is 0.373. The number of hydrogen-bond acceptors (Lipinski definition) is 7. The monoisotopic (exact) mass is 453 g/mol. The number of benzene rings is 1. The molecule has 0 N–H and O–H groups in total. The Hall–Kier alpha value is -3.39. The number of hydrogen-bond donors (Lipinski definition) is 0. The van der Waals surface area contributed by atoms with Gasteiger partial charge in [-0.1, -0.05) is 6.07 Å². The van der Waals surface area contributed by atoms with Gasteiger partial charge in [-0.3, -0.25) is 14.4 Å². The van der Waals surface area contributed by atoms with Crippen LogP contribution in [0.5, 0.6) is 11.5 Å². The van der Waals surface area contributed by atoms with Crippen molar-refractivity contribution < 1.29 is 28.6 Å². The van der Waals surface area contributed by atoms with Gasteiger partial charge in [0.1, 0.15) is 13.2 Å². The highest BCUT2D eigenvalue weighted by molar-refractivity contribution is 7.12. The number of aryl methyl sites for hydroxylation is 1. The van der Waals surface area contributed by atoms with E-state index in [1.165, 1.54) is 11.3 Å². The molecule has 4 rings (SSSR count). The van der Waals surface area contributed by atoms with Crippen molar-refractivity contribution in [3.63, 3.8) is 0 Å². The van der Waals surface area contributed by atoms with E-state index in [0.29, 0.717) is 35.2 Å². The topological polar surface area (TPSA) is 83.8 Å². The van der Waals surface area contributed by atoms with Crippen molar-refractivity contribution in [2.45, 2.75) is 26.7 Å². The van der Waals surface area contributed by atoms with Crippen molar-refractivity contribution in [3.05, 3.63) is 63.6 Å². The Labute approximate surface area is 189 Å². The number of ether oxygens (including phenoxy) is 3. The Balaban J connectivity index is 1.39. The highest BCUT2D eigenvalue weighted by Crippen LogP contribution is 2.33. The first kappa shape index (κ1) is 21.8. The maximum absolute atomic E-state index is 12.7. The second-order valence-corrected chi connectivity index (χ2v) is 8.38. The van der Waals surface area contributed by atoms with Crippen LogP contribution in [0.25, 0.3) is 5.69 Å². The number of carbonyl (C=O) groups is 3. The molecular weight excluding hydrogens is 430 g/mol. The number of esters is 1. The van der Waals surface area contributed by atoms with Crippen LogP contribution in [-0.4, -0.2) is 41.9 Å². The molecule has 0 spiro atoms. The summed E-state index contributed by atoms with van der Waals surface area (Å²) < 4.78 is 18.3. The van der Waals surface area contributed by atoms with Gasteiger partial charge in [0.05, 0.1) is 11.3 Å². The van der Waals surface area contributed by atoms with Gasteiger partial charge in [0.15, 0.2) is 23.9 Å². The Bertz CT molecular complexity index is 1160. The molecule has 2 aromatic heterocycles. The number of aromatic nitrogens is 1. The minimum atomic E-state index is -0.566. The van der Waals surface area contributed by atoms with Gasteiger partial charge in [0.25, 0.3) is 0 Å². The Morgan fingerprint density at radius 3 is 2.53 bits per heavy atom. The van der Waals surface area contributed by atoms with E-state index in [0.717, 1.165) is 17.1 Å². The molecule has 0 saturated carbocycles. The van der Waals surface area contributed by atoms with Crippen LogP contribution in [0.3, 0.4) is 0 Å². The van der Waals surface area contributed by atoms with E-state index in [2.05, 4.69) is 0 Å². The zero-order valence-corrected chi connectivity index (χ0v) is 18.7. The fourth-order valence-electron chi connectivity index (χ4n) is 3.69. The van der Waals surface area contributed by atoms with E-state index in [-0.39, 0.29) is 31.0 Å². The lowest BCUT2D eigenvalue weighted by Crippen LogP contribution is -2.16. The number of nitrogens with zero attached hydrogens (tertiary/aromatic N) is 1. The van der Waals surface area contributed by atoms with Crippen molar-refractivity contribution >= 4 is 28.9 Å². The molecule has 3 heterocycles.